The summed E-state index contributed by atoms with van der Waals surface area (Å²) >= 11 is 0. The number of benzene rings is 2. The van der Waals surface area contributed by atoms with Gasteiger partial charge < -0.3 is 19.5 Å². The predicted molar refractivity (Wildman–Crippen MR) is 137 cm³/mol. The highest BCUT2D eigenvalue weighted by molar-refractivity contribution is 6.04. The average molecular weight is 481 g/mol. The van der Waals surface area contributed by atoms with Gasteiger partial charge >= 0.3 is 0 Å². The molecule has 0 aliphatic heterocycles. The van der Waals surface area contributed by atoms with E-state index in [1.807, 2.05) is 25.1 Å². The topological polar surface area (TPSA) is 87.5 Å². The highest BCUT2D eigenvalue weighted by atomic mass is 16.5. The zero-order valence-corrected chi connectivity index (χ0v) is 21.9. The van der Waals surface area contributed by atoms with E-state index >= 15 is 0 Å². The normalized spacial score (nSPS) is 12.2. The summed E-state index contributed by atoms with van der Waals surface area (Å²) in [7, 11) is 3.17. The standard InChI is InChI=1S/C27H36N4O4/c1-9-10-17(2)35-23-13-11-19(27(4,5)6)15-21(23)28-26(32)25-18(3)31(30-29-25)22-16-20(33-7)12-14-24(22)34-8/h11-17H,9-10H2,1-8H3,(H,28,32). The molecule has 0 saturated heterocycles. The van der Waals surface area contributed by atoms with Crippen molar-refractivity contribution >= 4 is 11.6 Å². The Morgan fingerprint density at radius 1 is 1.09 bits per heavy atom. The third kappa shape index (κ3) is 5.93. The number of ether oxygens (including phenoxy) is 3. The molecule has 0 aliphatic rings. The van der Waals surface area contributed by atoms with E-state index in [0.29, 0.717) is 34.3 Å². The fourth-order valence-electron chi connectivity index (χ4n) is 3.79. The lowest BCUT2D eigenvalue weighted by atomic mass is 9.87. The molecule has 1 N–H and O–H groups in total. The second-order valence-corrected chi connectivity index (χ2v) is 9.61. The third-order valence-electron chi connectivity index (χ3n) is 5.84. The zero-order valence-electron chi connectivity index (χ0n) is 21.9. The van der Waals surface area contributed by atoms with Crippen molar-refractivity contribution in [2.75, 3.05) is 19.5 Å². The van der Waals surface area contributed by atoms with E-state index < -0.39 is 0 Å². The molecule has 0 spiro atoms. The first-order valence-electron chi connectivity index (χ1n) is 11.9. The fraction of sp³-hybridized carbons (Fsp3) is 0.444. The van der Waals surface area contributed by atoms with Crippen molar-refractivity contribution in [3.8, 4) is 22.9 Å². The second kappa shape index (κ2) is 10.8. The number of rotatable bonds is 9. The summed E-state index contributed by atoms with van der Waals surface area (Å²) in [6, 6.07) is 11.3. The number of nitrogens with one attached hydrogen (secondary N) is 1. The molecule has 35 heavy (non-hydrogen) atoms. The van der Waals surface area contributed by atoms with Crippen LogP contribution in [0.3, 0.4) is 0 Å². The number of amides is 1. The molecule has 1 aromatic heterocycles. The Morgan fingerprint density at radius 2 is 1.80 bits per heavy atom. The van der Waals surface area contributed by atoms with Gasteiger partial charge in [0.2, 0.25) is 0 Å². The van der Waals surface area contributed by atoms with Gasteiger partial charge in [0.05, 0.1) is 31.7 Å². The van der Waals surface area contributed by atoms with Crippen LogP contribution in [0.15, 0.2) is 36.4 Å². The van der Waals surface area contributed by atoms with Gasteiger partial charge in [-0.1, -0.05) is 45.4 Å². The van der Waals surface area contributed by atoms with Gasteiger partial charge in [0.15, 0.2) is 5.69 Å². The van der Waals surface area contributed by atoms with E-state index in [4.69, 9.17) is 14.2 Å². The summed E-state index contributed by atoms with van der Waals surface area (Å²) < 4.78 is 18.6. The fourth-order valence-corrected chi connectivity index (χ4v) is 3.79. The molecule has 1 unspecified atom stereocenters. The monoisotopic (exact) mass is 480 g/mol. The summed E-state index contributed by atoms with van der Waals surface area (Å²) in [5.74, 6) is 1.49. The maximum Gasteiger partial charge on any atom is 0.278 e. The lowest BCUT2D eigenvalue weighted by Gasteiger charge is -2.23. The molecule has 188 valence electrons. The highest BCUT2D eigenvalue weighted by Crippen LogP contribution is 2.33. The molecule has 3 rings (SSSR count). The first-order valence-corrected chi connectivity index (χ1v) is 11.9. The molecule has 1 heterocycles. The molecular weight excluding hydrogens is 444 g/mol. The second-order valence-electron chi connectivity index (χ2n) is 9.61. The van der Waals surface area contributed by atoms with E-state index in [2.05, 4.69) is 43.3 Å². The number of nitrogens with zero attached hydrogens (tertiary/aromatic N) is 3. The van der Waals surface area contributed by atoms with Crippen molar-refractivity contribution in [2.24, 2.45) is 0 Å². The molecule has 0 aliphatic carbocycles. The highest BCUT2D eigenvalue weighted by Gasteiger charge is 2.23. The molecule has 8 heteroatoms. The number of carbonyl (C=O) groups excluding carboxylic acids is 1. The van der Waals surface area contributed by atoms with Crippen molar-refractivity contribution in [1.29, 1.82) is 0 Å². The molecule has 8 nitrogen and oxygen atoms in total. The van der Waals surface area contributed by atoms with Crippen LogP contribution in [0, 0.1) is 6.92 Å². The number of carbonyl (C=O) groups is 1. The van der Waals surface area contributed by atoms with Gasteiger partial charge in [0.25, 0.3) is 5.91 Å². The largest absolute Gasteiger partial charge is 0.497 e. The SMILES string of the molecule is CCCC(C)Oc1ccc(C(C)(C)C)cc1NC(=O)c1nnn(-c2cc(OC)ccc2OC)c1C. The number of hydrogen-bond donors (Lipinski definition) is 1. The third-order valence-corrected chi connectivity index (χ3v) is 5.84. The Labute approximate surface area is 207 Å². The van der Waals surface area contributed by atoms with Crippen LogP contribution >= 0.6 is 0 Å². The lowest BCUT2D eigenvalue weighted by Crippen LogP contribution is -2.19. The number of methoxy groups -OCH3 is 2. The maximum absolute atomic E-state index is 13.3. The average Bonchev–Trinajstić information content (AvgIpc) is 3.20. The van der Waals surface area contributed by atoms with Gasteiger partial charge in [-0.3, -0.25) is 4.79 Å². The summed E-state index contributed by atoms with van der Waals surface area (Å²) in [5, 5.41) is 11.4. The first-order chi connectivity index (χ1) is 16.6. The molecule has 0 radical (unpaired) electrons. The molecule has 0 fully saturated rings. The summed E-state index contributed by atoms with van der Waals surface area (Å²) in [4.78, 5) is 13.3. The summed E-state index contributed by atoms with van der Waals surface area (Å²) in [6.07, 6.45) is 1.96. The van der Waals surface area contributed by atoms with Gasteiger partial charge in [-0.25, -0.2) is 4.68 Å². The van der Waals surface area contributed by atoms with E-state index in [-0.39, 0.29) is 23.1 Å². The summed E-state index contributed by atoms with van der Waals surface area (Å²) in [6.45, 7) is 12.3. The van der Waals surface area contributed by atoms with Crippen LogP contribution in [0.1, 0.15) is 69.2 Å². The maximum atomic E-state index is 13.3. The van der Waals surface area contributed by atoms with Crippen LogP contribution in [0.2, 0.25) is 0 Å². The van der Waals surface area contributed by atoms with Crippen molar-refractivity contribution in [1.82, 2.24) is 15.0 Å². The Bertz CT molecular complexity index is 1180. The van der Waals surface area contributed by atoms with E-state index in [9.17, 15) is 4.79 Å². The van der Waals surface area contributed by atoms with E-state index in [1.54, 1.807) is 44.0 Å². The Balaban J connectivity index is 1.96. The van der Waals surface area contributed by atoms with Gasteiger partial charge in [0.1, 0.15) is 22.9 Å². The smallest absolute Gasteiger partial charge is 0.278 e. The van der Waals surface area contributed by atoms with Crippen molar-refractivity contribution < 1.29 is 19.0 Å². The van der Waals surface area contributed by atoms with Crippen LogP contribution < -0.4 is 19.5 Å². The molecule has 1 amide bonds. The minimum absolute atomic E-state index is 0.0271. The Kier molecular flexibility index (Phi) is 8.04. The zero-order chi connectivity index (χ0) is 25.8. The minimum Gasteiger partial charge on any atom is -0.497 e. The molecule has 0 saturated carbocycles. The van der Waals surface area contributed by atoms with Crippen molar-refractivity contribution in [2.45, 2.75) is 65.9 Å². The predicted octanol–water partition coefficient (Wildman–Crippen LogP) is 5.71. The van der Waals surface area contributed by atoms with Crippen LogP contribution in [-0.2, 0) is 5.41 Å². The molecule has 2 aromatic carbocycles. The first kappa shape index (κ1) is 26.1. The van der Waals surface area contributed by atoms with Crippen LogP contribution in [0.4, 0.5) is 5.69 Å². The van der Waals surface area contributed by atoms with Gasteiger partial charge in [-0.05, 0) is 55.5 Å². The van der Waals surface area contributed by atoms with Gasteiger partial charge in [-0.2, -0.15) is 0 Å². The van der Waals surface area contributed by atoms with Crippen molar-refractivity contribution in [3.05, 3.63) is 53.3 Å². The van der Waals surface area contributed by atoms with Gasteiger partial charge in [-0.15, -0.1) is 5.10 Å². The van der Waals surface area contributed by atoms with Crippen LogP contribution in [-0.4, -0.2) is 41.2 Å². The quantitative estimate of drug-likeness (QED) is 0.422. The molecule has 3 aromatic rings. The van der Waals surface area contributed by atoms with E-state index in [0.717, 1.165) is 18.4 Å². The number of aromatic nitrogens is 3. The molecular formula is C27H36N4O4. The number of hydrogen-bond acceptors (Lipinski definition) is 6. The van der Waals surface area contributed by atoms with Gasteiger partial charge in [0, 0.05) is 6.07 Å². The molecule has 1 atom stereocenters. The Morgan fingerprint density at radius 3 is 2.43 bits per heavy atom. The summed E-state index contributed by atoms with van der Waals surface area (Å²) in [5.41, 5.74) is 3.02. The van der Waals surface area contributed by atoms with E-state index in [1.165, 1.54) is 0 Å². The number of anilines is 1. The van der Waals surface area contributed by atoms with Crippen LogP contribution in [0.5, 0.6) is 17.2 Å². The minimum atomic E-state index is -0.366. The molecule has 0 bridgehead atoms. The van der Waals surface area contributed by atoms with Crippen molar-refractivity contribution in [3.63, 3.8) is 0 Å². The lowest BCUT2D eigenvalue weighted by molar-refractivity contribution is 0.102. The Hall–Kier alpha value is -3.55. The van der Waals surface area contributed by atoms with Crippen LogP contribution in [0.25, 0.3) is 5.69 Å².